The first kappa shape index (κ1) is 16.5. The van der Waals surface area contributed by atoms with E-state index in [-0.39, 0.29) is 25.0 Å². The van der Waals surface area contributed by atoms with Gasteiger partial charge in [-0.15, -0.1) is 0 Å². The lowest BCUT2D eigenvalue weighted by molar-refractivity contribution is -0.123. The molecule has 0 aromatic heterocycles. The molecule has 5 heteroatoms. The van der Waals surface area contributed by atoms with Gasteiger partial charge >= 0.3 is 0 Å². The fourth-order valence-electron chi connectivity index (χ4n) is 2.23. The molecule has 0 aliphatic carbocycles. The van der Waals surface area contributed by atoms with Gasteiger partial charge in [0.25, 0.3) is 5.91 Å². The van der Waals surface area contributed by atoms with Crippen LogP contribution in [0.5, 0.6) is 5.75 Å². The zero-order valence-corrected chi connectivity index (χ0v) is 13.0. The van der Waals surface area contributed by atoms with Crippen molar-refractivity contribution in [3.05, 3.63) is 65.7 Å². The van der Waals surface area contributed by atoms with Gasteiger partial charge in [-0.25, -0.2) is 0 Å². The maximum Gasteiger partial charge on any atom is 0.258 e. The van der Waals surface area contributed by atoms with Gasteiger partial charge in [0.15, 0.2) is 6.61 Å². The van der Waals surface area contributed by atoms with Crippen molar-refractivity contribution in [3.63, 3.8) is 0 Å². The van der Waals surface area contributed by atoms with Crippen LogP contribution in [0.3, 0.4) is 0 Å². The molecule has 2 amide bonds. The first-order chi connectivity index (χ1) is 11.1. The summed E-state index contributed by atoms with van der Waals surface area (Å²) in [4.78, 5) is 23.1. The van der Waals surface area contributed by atoms with Crippen molar-refractivity contribution in [2.45, 2.75) is 19.4 Å². The first-order valence-corrected chi connectivity index (χ1v) is 7.39. The SMILES string of the molecule is C[C@H](NC(=O)COc1ccccc1CC(N)=O)c1ccccc1. The highest BCUT2D eigenvalue weighted by Crippen LogP contribution is 2.18. The van der Waals surface area contributed by atoms with Crippen LogP contribution < -0.4 is 15.8 Å². The molecule has 0 bridgehead atoms. The standard InChI is InChI=1S/C18H20N2O3/c1-13(14-7-3-2-4-8-14)20-18(22)12-23-16-10-6-5-9-15(16)11-17(19)21/h2-10,13H,11-12H2,1H3,(H2,19,21)(H,20,22)/t13-/m0/s1. The van der Waals surface area contributed by atoms with E-state index in [2.05, 4.69) is 5.32 Å². The van der Waals surface area contributed by atoms with Crippen LogP contribution in [-0.4, -0.2) is 18.4 Å². The summed E-state index contributed by atoms with van der Waals surface area (Å²) in [5.74, 6) is -0.174. The Kier molecular flexibility index (Phi) is 5.74. The van der Waals surface area contributed by atoms with E-state index in [1.807, 2.05) is 37.3 Å². The molecule has 120 valence electrons. The van der Waals surface area contributed by atoms with E-state index in [0.29, 0.717) is 11.3 Å². The fourth-order valence-corrected chi connectivity index (χ4v) is 2.23. The number of rotatable bonds is 7. The largest absolute Gasteiger partial charge is 0.483 e. The van der Waals surface area contributed by atoms with E-state index >= 15 is 0 Å². The summed E-state index contributed by atoms with van der Waals surface area (Å²) in [7, 11) is 0. The van der Waals surface area contributed by atoms with E-state index in [4.69, 9.17) is 10.5 Å². The number of hydrogen-bond donors (Lipinski definition) is 2. The number of amides is 2. The smallest absolute Gasteiger partial charge is 0.258 e. The van der Waals surface area contributed by atoms with Gasteiger partial charge in [-0.05, 0) is 18.6 Å². The van der Waals surface area contributed by atoms with Crippen LogP contribution in [0.25, 0.3) is 0 Å². The minimum atomic E-state index is -0.441. The van der Waals surface area contributed by atoms with Gasteiger partial charge in [0, 0.05) is 5.56 Å². The molecule has 2 aromatic rings. The highest BCUT2D eigenvalue weighted by Gasteiger charge is 2.11. The van der Waals surface area contributed by atoms with E-state index in [9.17, 15) is 9.59 Å². The summed E-state index contributed by atoms with van der Waals surface area (Å²) in [6.45, 7) is 1.79. The predicted molar refractivity (Wildman–Crippen MR) is 87.8 cm³/mol. The molecular formula is C18H20N2O3. The van der Waals surface area contributed by atoms with Crippen LogP contribution in [0.4, 0.5) is 0 Å². The Morgan fingerprint density at radius 3 is 2.43 bits per heavy atom. The normalized spacial score (nSPS) is 11.5. The second-order valence-electron chi connectivity index (χ2n) is 5.24. The molecule has 0 unspecified atom stereocenters. The molecule has 0 saturated heterocycles. The monoisotopic (exact) mass is 312 g/mol. The summed E-state index contributed by atoms with van der Waals surface area (Å²) >= 11 is 0. The molecule has 0 radical (unpaired) electrons. The summed E-state index contributed by atoms with van der Waals surface area (Å²) in [6, 6.07) is 16.6. The molecule has 0 aliphatic heterocycles. The van der Waals surface area contributed by atoms with Crippen molar-refractivity contribution in [2.75, 3.05) is 6.61 Å². The zero-order valence-electron chi connectivity index (χ0n) is 13.0. The summed E-state index contributed by atoms with van der Waals surface area (Å²) in [6.07, 6.45) is 0.0816. The number of nitrogens with two attached hydrogens (primary N) is 1. The first-order valence-electron chi connectivity index (χ1n) is 7.39. The summed E-state index contributed by atoms with van der Waals surface area (Å²) < 4.78 is 5.52. The van der Waals surface area contributed by atoms with Gasteiger partial charge in [-0.2, -0.15) is 0 Å². The van der Waals surface area contributed by atoms with Gasteiger partial charge in [0.05, 0.1) is 12.5 Å². The minimum absolute atomic E-state index is 0.0816. The Bertz CT molecular complexity index is 671. The number of carbonyl (C=O) groups is 2. The number of para-hydroxylation sites is 1. The Balaban J connectivity index is 1.91. The number of ether oxygens (including phenoxy) is 1. The molecule has 0 heterocycles. The van der Waals surface area contributed by atoms with E-state index < -0.39 is 5.91 Å². The Morgan fingerprint density at radius 1 is 1.09 bits per heavy atom. The lowest BCUT2D eigenvalue weighted by Gasteiger charge is -2.15. The van der Waals surface area contributed by atoms with Crippen molar-refractivity contribution in [3.8, 4) is 5.75 Å². The second-order valence-corrected chi connectivity index (χ2v) is 5.24. The van der Waals surface area contributed by atoms with Gasteiger partial charge in [-0.1, -0.05) is 48.5 Å². The number of carbonyl (C=O) groups excluding carboxylic acids is 2. The molecule has 5 nitrogen and oxygen atoms in total. The van der Waals surface area contributed by atoms with Crippen LogP contribution in [0.15, 0.2) is 54.6 Å². The predicted octanol–water partition coefficient (Wildman–Crippen LogP) is 1.97. The molecule has 0 fully saturated rings. The van der Waals surface area contributed by atoms with Crippen molar-refractivity contribution < 1.29 is 14.3 Å². The van der Waals surface area contributed by atoms with Gasteiger partial charge in [-0.3, -0.25) is 9.59 Å². The molecule has 0 aliphatic rings. The molecule has 23 heavy (non-hydrogen) atoms. The average molecular weight is 312 g/mol. The van der Waals surface area contributed by atoms with Crippen LogP contribution in [0.2, 0.25) is 0 Å². The molecule has 3 N–H and O–H groups in total. The van der Waals surface area contributed by atoms with Crippen molar-refractivity contribution >= 4 is 11.8 Å². The Hall–Kier alpha value is -2.82. The molecule has 1 atom stereocenters. The Morgan fingerprint density at radius 2 is 1.74 bits per heavy atom. The van der Waals surface area contributed by atoms with E-state index in [1.54, 1.807) is 24.3 Å². The molecule has 0 saturated carbocycles. The Labute approximate surface area is 135 Å². The maximum atomic E-state index is 12.0. The van der Waals surface area contributed by atoms with Gasteiger partial charge < -0.3 is 15.8 Å². The average Bonchev–Trinajstić information content (AvgIpc) is 2.54. The van der Waals surface area contributed by atoms with E-state index in [0.717, 1.165) is 5.56 Å². The molecule has 2 aromatic carbocycles. The van der Waals surface area contributed by atoms with Crippen LogP contribution in [0.1, 0.15) is 24.1 Å². The highest BCUT2D eigenvalue weighted by atomic mass is 16.5. The fraction of sp³-hybridized carbons (Fsp3) is 0.222. The third-order valence-corrected chi connectivity index (χ3v) is 3.37. The van der Waals surface area contributed by atoms with Crippen LogP contribution >= 0.6 is 0 Å². The van der Waals surface area contributed by atoms with Crippen LogP contribution in [-0.2, 0) is 16.0 Å². The number of hydrogen-bond acceptors (Lipinski definition) is 3. The summed E-state index contributed by atoms with van der Waals surface area (Å²) in [5.41, 5.74) is 6.90. The third-order valence-electron chi connectivity index (χ3n) is 3.37. The molecular weight excluding hydrogens is 292 g/mol. The lowest BCUT2D eigenvalue weighted by atomic mass is 10.1. The van der Waals surface area contributed by atoms with E-state index in [1.165, 1.54) is 0 Å². The molecule has 0 spiro atoms. The number of benzene rings is 2. The number of nitrogens with one attached hydrogen (secondary N) is 1. The summed E-state index contributed by atoms with van der Waals surface area (Å²) in [5, 5.41) is 2.87. The maximum absolute atomic E-state index is 12.0. The van der Waals surface area contributed by atoms with Crippen LogP contribution in [0, 0.1) is 0 Å². The number of primary amides is 1. The lowest BCUT2D eigenvalue weighted by Crippen LogP contribution is -2.31. The topological polar surface area (TPSA) is 81.4 Å². The highest BCUT2D eigenvalue weighted by molar-refractivity contribution is 5.79. The second kappa shape index (κ2) is 7.98. The third kappa shape index (κ3) is 5.14. The van der Waals surface area contributed by atoms with Crippen molar-refractivity contribution in [2.24, 2.45) is 5.73 Å². The quantitative estimate of drug-likeness (QED) is 0.820. The van der Waals surface area contributed by atoms with Gasteiger partial charge in [0.1, 0.15) is 5.75 Å². The van der Waals surface area contributed by atoms with Crippen molar-refractivity contribution in [1.82, 2.24) is 5.32 Å². The van der Waals surface area contributed by atoms with Gasteiger partial charge in [0.2, 0.25) is 5.91 Å². The molecule has 2 rings (SSSR count). The zero-order chi connectivity index (χ0) is 16.7. The van der Waals surface area contributed by atoms with Crippen molar-refractivity contribution in [1.29, 1.82) is 0 Å². The minimum Gasteiger partial charge on any atom is -0.483 e.